The van der Waals surface area contributed by atoms with Crippen molar-refractivity contribution >= 4 is 24.3 Å². The molecule has 0 bridgehead atoms. The highest BCUT2D eigenvalue weighted by Crippen LogP contribution is 2.03. The number of nitrogens with one attached hydrogen (secondary N) is 2. The fourth-order valence-electron chi connectivity index (χ4n) is 0.481. The van der Waals surface area contributed by atoms with Gasteiger partial charge in [0.1, 0.15) is 0 Å². The summed E-state index contributed by atoms with van der Waals surface area (Å²) in [6, 6.07) is 9.44. The van der Waals surface area contributed by atoms with Crippen LogP contribution in [0.25, 0.3) is 0 Å². The molecule has 1 rings (SSSR count). The van der Waals surface area contributed by atoms with Crippen LogP contribution in [0.3, 0.4) is 0 Å². The first-order chi connectivity index (χ1) is 8.22. The highest BCUT2D eigenvalue weighted by Gasteiger charge is 1.74. The third kappa shape index (κ3) is 19.9. The zero-order valence-electron chi connectivity index (χ0n) is 8.86. The minimum atomic E-state index is 0.794. The molecule has 0 amide bonds. The van der Waals surface area contributed by atoms with Crippen LogP contribution in [-0.4, -0.2) is 12.7 Å². The Balaban J connectivity index is 0. The van der Waals surface area contributed by atoms with E-state index in [1.54, 1.807) is 0 Å². The second-order valence-electron chi connectivity index (χ2n) is 2.08. The number of hydrogen-bond donors (Lipinski definition) is 4. The van der Waals surface area contributed by atoms with E-state index in [1.807, 2.05) is 30.3 Å². The Labute approximate surface area is 103 Å². The Morgan fingerprint density at radius 3 is 1.47 bits per heavy atom. The number of nitrogens with zero attached hydrogens (tertiary/aromatic N) is 4. The molecule has 0 aromatic heterocycles. The summed E-state index contributed by atoms with van der Waals surface area (Å²) in [5, 5.41) is 11.9. The van der Waals surface area contributed by atoms with Gasteiger partial charge in [-0.3, -0.25) is 0 Å². The van der Waals surface area contributed by atoms with Gasteiger partial charge in [-0.05, 0) is 12.1 Å². The van der Waals surface area contributed by atoms with Gasteiger partial charge in [0.25, 0.3) is 0 Å². The second kappa shape index (κ2) is 16.1. The summed E-state index contributed by atoms with van der Waals surface area (Å²) >= 11 is 5.54. The van der Waals surface area contributed by atoms with Crippen molar-refractivity contribution in [2.45, 2.75) is 0 Å². The Hall–Kier alpha value is -2.35. The minimum absolute atomic E-state index is 0.794. The zero-order chi connectivity index (χ0) is 13.4. The van der Waals surface area contributed by atoms with Gasteiger partial charge in [0.15, 0.2) is 12.7 Å². The van der Waals surface area contributed by atoms with E-state index in [4.69, 9.17) is 22.7 Å². The molecule has 1 aromatic carbocycles. The van der Waals surface area contributed by atoms with Crippen molar-refractivity contribution in [2.24, 2.45) is 32.1 Å². The molecule has 0 aliphatic heterocycles. The van der Waals surface area contributed by atoms with E-state index in [0.717, 1.165) is 17.7 Å². The molecule has 1 aromatic rings. The van der Waals surface area contributed by atoms with Crippen molar-refractivity contribution in [2.75, 3.05) is 0 Å². The first-order valence-electron chi connectivity index (χ1n) is 4.10. The van der Waals surface area contributed by atoms with E-state index >= 15 is 0 Å². The van der Waals surface area contributed by atoms with Crippen LogP contribution in [0.5, 0.6) is 0 Å². The fourth-order valence-corrected chi connectivity index (χ4v) is 0.627. The molecule has 0 atom stereocenters. The Kier molecular flexibility index (Phi) is 16.1. The van der Waals surface area contributed by atoms with Crippen molar-refractivity contribution in [3.8, 4) is 0 Å². The van der Waals surface area contributed by atoms with Crippen LogP contribution >= 0.6 is 11.6 Å². The van der Waals surface area contributed by atoms with Crippen LogP contribution in [0.1, 0.15) is 0 Å². The van der Waals surface area contributed by atoms with Gasteiger partial charge in [0.2, 0.25) is 0 Å². The van der Waals surface area contributed by atoms with Crippen LogP contribution in [0.2, 0.25) is 5.02 Å². The maximum Gasteiger partial charge on any atom is 0.156 e. The minimum Gasteiger partial charge on any atom is -0.322 e. The molecule has 0 aliphatic rings. The van der Waals surface area contributed by atoms with Gasteiger partial charge in [0.05, 0.1) is 0 Å². The first-order valence-corrected chi connectivity index (χ1v) is 4.47. The predicted molar refractivity (Wildman–Crippen MR) is 67.1 cm³/mol. The number of nitrogens with two attached hydrogens (primary N) is 2. The van der Waals surface area contributed by atoms with E-state index in [1.165, 1.54) is 0 Å². The highest BCUT2D eigenvalue weighted by atomic mass is 35.5. The van der Waals surface area contributed by atoms with Crippen molar-refractivity contribution in [3.05, 3.63) is 35.4 Å². The van der Waals surface area contributed by atoms with Crippen LogP contribution in [0.4, 0.5) is 0 Å². The normalized spacial score (nSPS) is 8.76. The van der Waals surface area contributed by atoms with Crippen molar-refractivity contribution < 1.29 is 0 Å². The first kappa shape index (κ1) is 17.1. The van der Waals surface area contributed by atoms with Crippen molar-refractivity contribution in [1.29, 1.82) is 11.1 Å². The summed E-state index contributed by atoms with van der Waals surface area (Å²) in [5.74, 6) is 8.99. The lowest BCUT2D eigenvalue weighted by Gasteiger charge is -1.80. The van der Waals surface area contributed by atoms with E-state index in [-0.39, 0.29) is 0 Å². The lowest BCUT2D eigenvalue weighted by Crippen LogP contribution is -1.75. The molecule has 9 heteroatoms. The van der Waals surface area contributed by atoms with Crippen LogP contribution in [-0.2, 0) is 0 Å². The van der Waals surface area contributed by atoms with E-state index in [0.29, 0.717) is 0 Å². The molecule has 8 nitrogen and oxygen atoms in total. The smallest absolute Gasteiger partial charge is 0.156 e. The summed E-state index contributed by atoms with van der Waals surface area (Å²) in [6.07, 6.45) is 1.89. The van der Waals surface area contributed by atoms with Gasteiger partial charge in [-0.2, -0.15) is 10.2 Å². The molecular formula is C8H13ClN8. The molecular weight excluding hydrogens is 244 g/mol. The molecule has 0 saturated carbocycles. The average molecular weight is 257 g/mol. The third-order valence-electron chi connectivity index (χ3n) is 0.982. The van der Waals surface area contributed by atoms with Gasteiger partial charge < -0.3 is 11.7 Å². The number of halogens is 1. The van der Waals surface area contributed by atoms with Gasteiger partial charge in [-0.1, -0.05) is 29.8 Å². The quantitative estimate of drug-likeness (QED) is 0.211. The van der Waals surface area contributed by atoms with Crippen LogP contribution < -0.4 is 11.7 Å². The standard InChI is InChI=1S/C6H5Cl.2CH4N4/c7-6-4-2-1-3-5-6;2*2-4-1-5-3/h1-5H;2*1-2H,3H2. The molecule has 0 unspecified atom stereocenters. The van der Waals surface area contributed by atoms with E-state index < -0.39 is 0 Å². The summed E-state index contributed by atoms with van der Waals surface area (Å²) in [7, 11) is 0. The fraction of sp³-hybridized carbons (Fsp3) is 0. The molecule has 0 spiro atoms. The Morgan fingerprint density at radius 1 is 0.941 bits per heavy atom. The third-order valence-corrected chi connectivity index (χ3v) is 1.23. The van der Waals surface area contributed by atoms with Gasteiger partial charge in [-0.15, -0.1) is 10.2 Å². The number of hydrazone groups is 2. The summed E-state index contributed by atoms with van der Waals surface area (Å²) in [4.78, 5) is 0. The van der Waals surface area contributed by atoms with E-state index in [2.05, 4.69) is 32.1 Å². The maximum atomic E-state index is 6.00. The average Bonchev–Trinajstić information content (AvgIpc) is 2.34. The van der Waals surface area contributed by atoms with Crippen molar-refractivity contribution in [1.82, 2.24) is 0 Å². The number of benzene rings is 1. The molecule has 0 radical (unpaired) electrons. The van der Waals surface area contributed by atoms with Gasteiger partial charge in [0, 0.05) is 5.02 Å². The zero-order valence-corrected chi connectivity index (χ0v) is 9.62. The second-order valence-corrected chi connectivity index (χ2v) is 2.52. The molecule has 0 fully saturated rings. The largest absolute Gasteiger partial charge is 0.322 e. The molecule has 0 heterocycles. The predicted octanol–water partition coefficient (Wildman–Crippen LogP) is 2.18. The van der Waals surface area contributed by atoms with E-state index in [9.17, 15) is 0 Å². The SMILES string of the molecule is Clc1ccccc1.N=NC=NN.N=NC=NN. The summed E-state index contributed by atoms with van der Waals surface area (Å²) in [6.45, 7) is 0. The molecule has 92 valence electrons. The Bertz CT molecular complexity index is 321. The molecule has 6 N–H and O–H groups in total. The topological polar surface area (TPSA) is 149 Å². The highest BCUT2D eigenvalue weighted by molar-refractivity contribution is 6.30. The van der Waals surface area contributed by atoms with Gasteiger partial charge in [-0.25, -0.2) is 11.1 Å². The van der Waals surface area contributed by atoms with Crippen molar-refractivity contribution in [3.63, 3.8) is 0 Å². The van der Waals surface area contributed by atoms with Crippen LogP contribution in [0.15, 0.2) is 50.8 Å². The maximum absolute atomic E-state index is 6.00. The van der Waals surface area contributed by atoms with Crippen LogP contribution in [0, 0.1) is 11.1 Å². The molecule has 0 saturated heterocycles. The molecule has 0 aliphatic carbocycles. The van der Waals surface area contributed by atoms with Gasteiger partial charge >= 0.3 is 0 Å². The number of hydrogen-bond acceptors (Lipinski definition) is 6. The summed E-state index contributed by atoms with van der Waals surface area (Å²) in [5.41, 5.74) is 12.0. The molecule has 17 heavy (non-hydrogen) atoms. The number of rotatable bonds is 2. The monoisotopic (exact) mass is 256 g/mol. The Morgan fingerprint density at radius 2 is 1.35 bits per heavy atom. The lowest BCUT2D eigenvalue weighted by atomic mass is 10.4. The summed E-state index contributed by atoms with van der Waals surface area (Å²) < 4.78 is 0. The lowest BCUT2D eigenvalue weighted by molar-refractivity contribution is 1.17.